The van der Waals surface area contributed by atoms with E-state index in [-0.39, 0.29) is 28.2 Å². The van der Waals surface area contributed by atoms with Gasteiger partial charge in [0.05, 0.1) is 13.7 Å². The molecular formula is C21H26N2O5S. The molecule has 2 aromatic rings. The van der Waals surface area contributed by atoms with Crippen LogP contribution in [0.2, 0.25) is 0 Å². The molecule has 7 nitrogen and oxygen atoms in total. The number of hydrogen-bond acceptors (Lipinski definition) is 5. The van der Waals surface area contributed by atoms with Crippen LogP contribution in [-0.4, -0.2) is 39.4 Å². The molecule has 0 spiro atoms. The molecule has 8 heteroatoms. The molecule has 2 aliphatic carbocycles. The quantitative estimate of drug-likeness (QED) is 0.712. The highest BCUT2D eigenvalue weighted by molar-refractivity contribution is 7.89. The van der Waals surface area contributed by atoms with E-state index in [1.165, 1.54) is 24.1 Å². The average molecular weight is 419 g/mol. The van der Waals surface area contributed by atoms with Gasteiger partial charge < -0.3 is 14.1 Å². The van der Waals surface area contributed by atoms with Gasteiger partial charge in [0.15, 0.2) is 0 Å². The summed E-state index contributed by atoms with van der Waals surface area (Å²) in [6.07, 6.45) is 2.79. The Morgan fingerprint density at radius 1 is 1.28 bits per heavy atom. The molecule has 2 saturated carbocycles. The molecule has 1 aromatic carbocycles. The van der Waals surface area contributed by atoms with Crippen molar-refractivity contribution in [2.75, 3.05) is 14.2 Å². The summed E-state index contributed by atoms with van der Waals surface area (Å²) in [7, 11) is -0.666. The third kappa shape index (κ3) is 4.33. The summed E-state index contributed by atoms with van der Waals surface area (Å²) >= 11 is 0. The van der Waals surface area contributed by atoms with Crippen molar-refractivity contribution < 1.29 is 22.4 Å². The Labute approximate surface area is 171 Å². The van der Waals surface area contributed by atoms with Crippen LogP contribution in [0.15, 0.2) is 39.6 Å². The minimum absolute atomic E-state index is 0.0193. The zero-order valence-corrected chi connectivity index (χ0v) is 17.7. The molecule has 0 radical (unpaired) electrons. The summed E-state index contributed by atoms with van der Waals surface area (Å²) < 4.78 is 39.0. The number of hydrogen-bond donors (Lipinski definition) is 1. The van der Waals surface area contributed by atoms with Gasteiger partial charge in [-0.05, 0) is 55.5 Å². The van der Waals surface area contributed by atoms with Crippen LogP contribution in [0.25, 0.3) is 0 Å². The van der Waals surface area contributed by atoms with Crippen LogP contribution in [0.5, 0.6) is 5.75 Å². The summed E-state index contributed by atoms with van der Waals surface area (Å²) in [5.41, 5.74) is 0.284. The Bertz CT molecular complexity index is 1030. The van der Waals surface area contributed by atoms with Crippen molar-refractivity contribution in [3.8, 4) is 5.75 Å². The Hall–Kier alpha value is -2.32. The standard InChI is InChI=1S/C21H26N2O5S/c1-13-10-17(13)18-9-7-16(28-18)12-23(2)21(24)14-4-8-19(27-3)20(11-14)29(25,26)22-15-5-6-15/h4,7-9,11,13,15,17,22H,5-6,10,12H2,1-3H3. The number of sulfonamides is 1. The number of benzene rings is 1. The van der Waals surface area contributed by atoms with E-state index in [1.54, 1.807) is 13.1 Å². The number of methoxy groups -OCH3 is 1. The first-order valence-electron chi connectivity index (χ1n) is 9.83. The second kappa shape index (κ2) is 7.50. The van der Waals surface area contributed by atoms with Crippen molar-refractivity contribution in [3.05, 3.63) is 47.4 Å². The van der Waals surface area contributed by atoms with Gasteiger partial charge >= 0.3 is 0 Å². The summed E-state index contributed by atoms with van der Waals surface area (Å²) in [6, 6.07) is 8.31. The number of ether oxygens (including phenoxy) is 1. The maximum absolute atomic E-state index is 12.9. The molecule has 2 fully saturated rings. The average Bonchev–Trinajstić information content (AvgIpc) is 3.60. The van der Waals surface area contributed by atoms with Gasteiger partial charge in [0.1, 0.15) is 22.2 Å². The summed E-state index contributed by atoms with van der Waals surface area (Å²) in [5, 5.41) is 0. The highest BCUT2D eigenvalue weighted by Crippen LogP contribution is 2.47. The van der Waals surface area contributed by atoms with Gasteiger partial charge in [0.2, 0.25) is 10.0 Å². The number of rotatable bonds is 8. The van der Waals surface area contributed by atoms with Crippen molar-refractivity contribution in [1.82, 2.24) is 9.62 Å². The molecule has 1 amide bonds. The maximum atomic E-state index is 12.9. The highest BCUT2D eigenvalue weighted by Gasteiger charge is 2.36. The summed E-state index contributed by atoms with van der Waals surface area (Å²) in [4.78, 5) is 14.4. The van der Waals surface area contributed by atoms with Crippen LogP contribution < -0.4 is 9.46 Å². The fourth-order valence-corrected chi connectivity index (χ4v) is 4.93. The van der Waals surface area contributed by atoms with Gasteiger partial charge in [-0.15, -0.1) is 0 Å². The second-order valence-electron chi connectivity index (χ2n) is 8.05. The van der Waals surface area contributed by atoms with Gasteiger partial charge in [0.25, 0.3) is 5.91 Å². The van der Waals surface area contributed by atoms with Crippen molar-refractivity contribution >= 4 is 15.9 Å². The van der Waals surface area contributed by atoms with Gasteiger partial charge in [-0.25, -0.2) is 13.1 Å². The molecule has 4 rings (SSSR count). The normalized spacial score (nSPS) is 21.1. The van der Waals surface area contributed by atoms with E-state index < -0.39 is 10.0 Å². The number of carbonyl (C=O) groups is 1. The number of furan rings is 1. The first-order chi connectivity index (χ1) is 13.8. The zero-order valence-electron chi connectivity index (χ0n) is 16.8. The van der Waals surface area contributed by atoms with E-state index in [4.69, 9.17) is 9.15 Å². The maximum Gasteiger partial charge on any atom is 0.254 e. The molecule has 0 aliphatic heterocycles. The first-order valence-corrected chi connectivity index (χ1v) is 11.3. The van der Waals surface area contributed by atoms with Crippen LogP contribution in [0.4, 0.5) is 0 Å². The minimum Gasteiger partial charge on any atom is -0.495 e. The lowest BCUT2D eigenvalue weighted by Crippen LogP contribution is -2.28. The molecule has 1 N–H and O–H groups in total. The fraction of sp³-hybridized carbons (Fsp3) is 0.476. The molecule has 1 heterocycles. The molecule has 0 saturated heterocycles. The van der Waals surface area contributed by atoms with Crippen LogP contribution in [0.1, 0.15) is 54.0 Å². The molecule has 1 aromatic heterocycles. The fourth-order valence-electron chi connectivity index (χ4n) is 3.43. The van der Waals surface area contributed by atoms with E-state index >= 15 is 0 Å². The van der Waals surface area contributed by atoms with E-state index in [9.17, 15) is 13.2 Å². The number of nitrogens with zero attached hydrogens (tertiary/aromatic N) is 1. The minimum atomic E-state index is -3.75. The SMILES string of the molecule is COc1ccc(C(=O)N(C)Cc2ccc(C3CC3C)o2)cc1S(=O)(=O)NC1CC1. The van der Waals surface area contributed by atoms with E-state index in [2.05, 4.69) is 11.6 Å². The van der Waals surface area contributed by atoms with E-state index in [0.717, 1.165) is 25.0 Å². The third-order valence-corrected chi connectivity index (χ3v) is 7.04. The molecule has 2 unspecified atom stereocenters. The Kier molecular flexibility index (Phi) is 5.16. The Balaban J connectivity index is 1.51. The topological polar surface area (TPSA) is 88.8 Å². The predicted molar refractivity (Wildman–Crippen MR) is 107 cm³/mol. The predicted octanol–water partition coefficient (Wildman–Crippen LogP) is 3.12. The molecule has 0 bridgehead atoms. The number of nitrogens with one attached hydrogen (secondary N) is 1. The third-order valence-electron chi connectivity index (χ3n) is 5.50. The van der Waals surface area contributed by atoms with Gasteiger partial charge in [0, 0.05) is 24.6 Å². The highest BCUT2D eigenvalue weighted by atomic mass is 32.2. The lowest BCUT2D eigenvalue weighted by atomic mass is 10.2. The van der Waals surface area contributed by atoms with Crippen LogP contribution in [0.3, 0.4) is 0 Å². The molecular weight excluding hydrogens is 392 g/mol. The van der Waals surface area contributed by atoms with E-state index in [1.807, 2.05) is 12.1 Å². The number of amides is 1. The monoisotopic (exact) mass is 418 g/mol. The molecule has 29 heavy (non-hydrogen) atoms. The van der Waals surface area contributed by atoms with Gasteiger partial charge in [-0.2, -0.15) is 0 Å². The van der Waals surface area contributed by atoms with Crippen molar-refractivity contribution in [2.45, 2.75) is 49.6 Å². The van der Waals surface area contributed by atoms with Gasteiger partial charge in [-0.1, -0.05) is 6.92 Å². The lowest BCUT2D eigenvalue weighted by Gasteiger charge is -2.17. The Morgan fingerprint density at radius 2 is 2.00 bits per heavy atom. The zero-order chi connectivity index (χ0) is 20.8. The smallest absolute Gasteiger partial charge is 0.254 e. The molecule has 156 valence electrons. The van der Waals surface area contributed by atoms with E-state index in [0.29, 0.717) is 24.1 Å². The van der Waals surface area contributed by atoms with Crippen molar-refractivity contribution in [2.24, 2.45) is 5.92 Å². The number of carbonyl (C=O) groups excluding carboxylic acids is 1. The summed E-state index contributed by atoms with van der Waals surface area (Å²) in [5.74, 6) is 2.75. The van der Waals surface area contributed by atoms with Crippen LogP contribution in [-0.2, 0) is 16.6 Å². The van der Waals surface area contributed by atoms with Crippen LogP contribution >= 0.6 is 0 Å². The van der Waals surface area contributed by atoms with Crippen molar-refractivity contribution in [3.63, 3.8) is 0 Å². The summed E-state index contributed by atoms with van der Waals surface area (Å²) in [6.45, 7) is 2.50. The molecule has 2 atom stereocenters. The van der Waals surface area contributed by atoms with Gasteiger partial charge in [-0.3, -0.25) is 4.79 Å². The van der Waals surface area contributed by atoms with Crippen LogP contribution in [0, 0.1) is 5.92 Å². The first kappa shape index (κ1) is 20.0. The van der Waals surface area contributed by atoms with Crippen molar-refractivity contribution in [1.29, 1.82) is 0 Å². The Morgan fingerprint density at radius 3 is 2.62 bits per heavy atom. The second-order valence-corrected chi connectivity index (χ2v) is 9.73. The lowest BCUT2D eigenvalue weighted by molar-refractivity contribution is 0.0774. The largest absolute Gasteiger partial charge is 0.495 e. The molecule has 2 aliphatic rings.